The van der Waals surface area contributed by atoms with Crippen LogP contribution in [-0.4, -0.2) is 7.05 Å². The summed E-state index contributed by atoms with van der Waals surface area (Å²) in [6.45, 7) is 0.748. The molecular formula is C12H11ClN. The minimum absolute atomic E-state index is 0.748. The second kappa shape index (κ2) is 3.99. The molecule has 0 fully saturated rings. The third-order valence-electron chi connectivity index (χ3n) is 2.29. The molecule has 0 amide bonds. The predicted molar refractivity (Wildman–Crippen MR) is 60.7 cm³/mol. The van der Waals surface area contributed by atoms with E-state index >= 15 is 0 Å². The summed E-state index contributed by atoms with van der Waals surface area (Å²) in [5.41, 5.74) is 1.23. The number of hydrogen-bond acceptors (Lipinski definition) is 0. The van der Waals surface area contributed by atoms with Crippen LogP contribution in [0.1, 0.15) is 5.56 Å². The first-order valence-electron chi connectivity index (χ1n) is 4.54. The monoisotopic (exact) mass is 204 g/mol. The molecule has 0 saturated heterocycles. The molecule has 0 atom stereocenters. The van der Waals surface area contributed by atoms with Crippen molar-refractivity contribution in [2.24, 2.45) is 0 Å². The molecule has 1 nitrogen and oxygen atoms in total. The van der Waals surface area contributed by atoms with E-state index in [1.807, 2.05) is 37.4 Å². The molecule has 14 heavy (non-hydrogen) atoms. The Morgan fingerprint density at radius 3 is 2.50 bits per heavy atom. The Labute approximate surface area is 88.7 Å². The van der Waals surface area contributed by atoms with Crippen molar-refractivity contribution in [2.75, 3.05) is 7.05 Å². The van der Waals surface area contributed by atoms with Crippen molar-refractivity contribution in [3.63, 3.8) is 0 Å². The molecule has 0 aliphatic heterocycles. The van der Waals surface area contributed by atoms with Crippen molar-refractivity contribution in [3.05, 3.63) is 47.0 Å². The molecule has 2 aromatic carbocycles. The van der Waals surface area contributed by atoms with Crippen LogP contribution in [0.25, 0.3) is 10.8 Å². The van der Waals surface area contributed by atoms with Crippen LogP contribution < -0.4 is 5.32 Å². The van der Waals surface area contributed by atoms with E-state index in [0.717, 1.165) is 17.0 Å². The second-order valence-corrected chi connectivity index (χ2v) is 3.63. The van der Waals surface area contributed by atoms with Gasteiger partial charge in [-0.2, -0.15) is 0 Å². The molecule has 0 aliphatic carbocycles. The quantitative estimate of drug-likeness (QED) is 0.713. The minimum atomic E-state index is 0.748. The zero-order chi connectivity index (χ0) is 9.97. The third kappa shape index (κ3) is 1.61. The molecule has 71 valence electrons. The Morgan fingerprint density at radius 1 is 1.07 bits per heavy atom. The first kappa shape index (κ1) is 9.50. The average Bonchev–Trinajstić information content (AvgIpc) is 2.23. The summed E-state index contributed by atoms with van der Waals surface area (Å²) in [6.07, 6.45) is 0. The average molecular weight is 205 g/mol. The van der Waals surface area contributed by atoms with Gasteiger partial charge in [-0.1, -0.05) is 41.9 Å². The standard InChI is InChI=1S/C12H11ClN/c1-14-8-9-6-7-12(13)11-5-3-2-4-10(9)11/h2-7H,8H2,1H3. The van der Waals surface area contributed by atoms with Gasteiger partial charge < -0.3 is 0 Å². The number of rotatable bonds is 2. The molecule has 2 rings (SSSR count). The highest BCUT2D eigenvalue weighted by Crippen LogP contribution is 2.26. The van der Waals surface area contributed by atoms with Gasteiger partial charge in [0.05, 0.1) is 0 Å². The molecule has 0 saturated carbocycles. The van der Waals surface area contributed by atoms with E-state index in [4.69, 9.17) is 11.6 Å². The van der Waals surface area contributed by atoms with Gasteiger partial charge in [-0.05, 0) is 17.0 Å². The van der Waals surface area contributed by atoms with Crippen LogP contribution in [-0.2, 0) is 6.54 Å². The molecule has 0 N–H and O–H groups in total. The summed E-state index contributed by atoms with van der Waals surface area (Å²) in [7, 11) is 1.82. The Kier molecular flexibility index (Phi) is 2.71. The molecule has 2 heteroatoms. The Balaban J connectivity index is 2.68. The van der Waals surface area contributed by atoms with Crippen molar-refractivity contribution in [3.8, 4) is 0 Å². The zero-order valence-corrected chi connectivity index (χ0v) is 8.75. The van der Waals surface area contributed by atoms with E-state index in [2.05, 4.69) is 11.4 Å². The topological polar surface area (TPSA) is 14.1 Å². The minimum Gasteiger partial charge on any atom is -0.240 e. The maximum absolute atomic E-state index is 6.10. The highest BCUT2D eigenvalue weighted by atomic mass is 35.5. The Hall–Kier alpha value is -1.05. The fraction of sp³-hybridized carbons (Fsp3) is 0.167. The number of benzene rings is 2. The van der Waals surface area contributed by atoms with Crippen molar-refractivity contribution in [1.29, 1.82) is 0 Å². The SMILES string of the molecule is C[N]Cc1ccc(Cl)c2ccccc12. The number of nitrogens with zero attached hydrogens (tertiary/aromatic N) is 1. The van der Waals surface area contributed by atoms with Gasteiger partial charge in [0.15, 0.2) is 0 Å². The fourth-order valence-electron chi connectivity index (χ4n) is 1.63. The van der Waals surface area contributed by atoms with Crippen LogP contribution in [0.2, 0.25) is 5.02 Å². The molecule has 0 aliphatic rings. The maximum Gasteiger partial charge on any atom is 0.0484 e. The van der Waals surface area contributed by atoms with Gasteiger partial charge in [-0.15, -0.1) is 0 Å². The van der Waals surface area contributed by atoms with Crippen LogP contribution in [0.4, 0.5) is 0 Å². The lowest BCUT2D eigenvalue weighted by atomic mass is 10.0. The first-order valence-corrected chi connectivity index (χ1v) is 4.92. The van der Waals surface area contributed by atoms with Gasteiger partial charge in [0.25, 0.3) is 0 Å². The maximum atomic E-state index is 6.10. The lowest BCUT2D eigenvalue weighted by Crippen LogP contribution is -1.97. The summed E-state index contributed by atoms with van der Waals surface area (Å²) in [5, 5.41) is 7.26. The first-order chi connectivity index (χ1) is 6.83. The van der Waals surface area contributed by atoms with Gasteiger partial charge >= 0.3 is 0 Å². The van der Waals surface area contributed by atoms with Gasteiger partial charge in [-0.3, -0.25) is 0 Å². The molecule has 1 radical (unpaired) electrons. The summed E-state index contributed by atoms with van der Waals surface area (Å²) >= 11 is 6.10. The smallest absolute Gasteiger partial charge is 0.0484 e. The van der Waals surface area contributed by atoms with Crippen molar-refractivity contribution < 1.29 is 0 Å². The second-order valence-electron chi connectivity index (χ2n) is 3.23. The van der Waals surface area contributed by atoms with Crippen LogP contribution in [0.5, 0.6) is 0 Å². The van der Waals surface area contributed by atoms with Crippen molar-refractivity contribution in [2.45, 2.75) is 6.54 Å². The van der Waals surface area contributed by atoms with Crippen LogP contribution in [0, 0.1) is 0 Å². The largest absolute Gasteiger partial charge is 0.240 e. The lowest BCUT2D eigenvalue weighted by molar-refractivity contribution is 0.805. The van der Waals surface area contributed by atoms with Gasteiger partial charge in [0.2, 0.25) is 0 Å². The predicted octanol–water partition coefficient (Wildman–Crippen LogP) is 3.23. The molecule has 0 unspecified atom stereocenters. The normalized spacial score (nSPS) is 10.7. The van der Waals surface area contributed by atoms with Crippen LogP contribution in [0.15, 0.2) is 36.4 Å². The number of hydrogen-bond donors (Lipinski definition) is 0. The van der Waals surface area contributed by atoms with Gasteiger partial charge in [0, 0.05) is 24.0 Å². The Morgan fingerprint density at radius 2 is 1.79 bits per heavy atom. The highest BCUT2D eigenvalue weighted by molar-refractivity contribution is 6.35. The molecule has 2 aromatic rings. The van der Waals surface area contributed by atoms with Gasteiger partial charge in [0.1, 0.15) is 0 Å². The van der Waals surface area contributed by atoms with Gasteiger partial charge in [-0.25, -0.2) is 5.32 Å². The molecule has 0 aromatic heterocycles. The van der Waals surface area contributed by atoms with Crippen molar-refractivity contribution in [1.82, 2.24) is 5.32 Å². The van der Waals surface area contributed by atoms with E-state index in [1.54, 1.807) is 0 Å². The van der Waals surface area contributed by atoms with E-state index < -0.39 is 0 Å². The summed E-state index contributed by atoms with van der Waals surface area (Å²) in [6, 6.07) is 12.1. The zero-order valence-electron chi connectivity index (χ0n) is 8.00. The van der Waals surface area contributed by atoms with E-state index in [9.17, 15) is 0 Å². The fourth-order valence-corrected chi connectivity index (χ4v) is 1.86. The highest BCUT2D eigenvalue weighted by Gasteiger charge is 2.02. The summed E-state index contributed by atoms with van der Waals surface area (Å²) < 4.78 is 0. The summed E-state index contributed by atoms with van der Waals surface area (Å²) in [4.78, 5) is 0. The molecule has 0 spiro atoms. The Bertz CT molecular complexity index is 451. The number of halogens is 1. The van der Waals surface area contributed by atoms with E-state index in [1.165, 1.54) is 10.9 Å². The molecule has 0 heterocycles. The van der Waals surface area contributed by atoms with E-state index in [0.29, 0.717) is 0 Å². The number of fused-ring (bicyclic) bond motifs is 1. The molecular weight excluding hydrogens is 194 g/mol. The van der Waals surface area contributed by atoms with Crippen LogP contribution >= 0.6 is 11.6 Å². The third-order valence-corrected chi connectivity index (χ3v) is 2.62. The van der Waals surface area contributed by atoms with Crippen LogP contribution in [0.3, 0.4) is 0 Å². The summed E-state index contributed by atoms with van der Waals surface area (Å²) in [5.74, 6) is 0. The lowest BCUT2D eigenvalue weighted by Gasteiger charge is -2.06. The van der Waals surface area contributed by atoms with E-state index in [-0.39, 0.29) is 0 Å². The molecule has 0 bridgehead atoms. The van der Waals surface area contributed by atoms with Crippen molar-refractivity contribution >= 4 is 22.4 Å².